The molecule has 2 unspecified atom stereocenters. The largest absolute Gasteiger partial charge is 0.510 e. The van der Waals surface area contributed by atoms with Crippen LogP contribution in [0.4, 0.5) is 10.1 Å². The molecule has 4 atom stereocenters. The van der Waals surface area contributed by atoms with Crippen LogP contribution >= 0.6 is 0 Å². The molecule has 214 valence electrons. The van der Waals surface area contributed by atoms with Crippen LogP contribution in [0.3, 0.4) is 0 Å². The summed E-state index contributed by atoms with van der Waals surface area (Å²) in [6.07, 6.45) is 1.63. The molecule has 1 heterocycles. The van der Waals surface area contributed by atoms with E-state index in [0.29, 0.717) is 0 Å². The van der Waals surface area contributed by atoms with Crippen LogP contribution in [0.5, 0.6) is 5.75 Å². The number of halogens is 1. The van der Waals surface area contributed by atoms with Crippen molar-refractivity contribution >= 4 is 28.9 Å². The van der Waals surface area contributed by atoms with Crippen LogP contribution < -0.4 is 5.32 Å². The topological polar surface area (TPSA) is 168 Å². The van der Waals surface area contributed by atoms with Crippen LogP contribution in [-0.4, -0.2) is 98.9 Å². The number of phenols is 1. The van der Waals surface area contributed by atoms with Crippen LogP contribution in [0.25, 0.3) is 0 Å². The number of likely N-dealkylation sites (tertiary alicyclic amines) is 1. The number of carbonyl (C=O) groups is 4. The van der Waals surface area contributed by atoms with Gasteiger partial charge in [0.1, 0.15) is 22.9 Å². The van der Waals surface area contributed by atoms with Gasteiger partial charge in [0.05, 0.1) is 23.8 Å². The van der Waals surface area contributed by atoms with Crippen LogP contribution in [0.1, 0.15) is 42.1 Å². The van der Waals surface area contributed by atoms with E-state index in [0.717, 1.165) is 38.9 Å². The Labute approximate surface area is 229 Å². The highest BCUT2D eigenvalue weighted by molar-refractivity contribution is 6.25. The first-order chi connectivity index (χ1) is 18.8. The summed E-state index contributed by atoms with van der Waals surface area (Å²) in [7, 11) is 3.12. The zero-order valence-corrected chi connectivity index (χ0v) is 22.5. The van der Waals surface area contributed by atoms with Crippen molar-refractivity contribution in [2.75, 3.05) is 39.0 Å². The number of carbonyl (C=O) groups excluding carboxylic acids is 4. The van der Waals surface area contributed by atoms with Gasteiger partial charge in [-0.3, -0.25) is 29.0 Å². The van der Waals surface area contributed by atoms with Gasteiger partial charge in [-0.15, -0.1) is 0 Å². The van der Waals surface area contributed by atoms with Crippen molar-refractivity contribution in [1.82, 2.24) is 9.80 Å². The van der Waals surface area contributed by atoms with Crippen molar-refractivity contribution in [3.8, 4) is 5.75 Å². The molecule has 0 radical (unpaired) electrons. The van der Waals surface area contributed by atoms with Gasteiger partial charge in [0.15, 0.2) is 22.9 Å². The predicted molar refractivity (Wildman–Crippen MR) is 139 cm³/mol. The van der Waals surface area contributed by atoms with E-state index in [1.165, 1.54) is 4.90 Å². The third kappa shape index (κ3) is 4.04. The molecule has 1 amide bonds. The molecule has 4 aliphatic rings. The zero-order valence-electron chi connectivity index (χ0n) is 22.5. The number of benzene rings is 1. The number of Topliss-reactive ketones (excluding diaryl/α,β-unsaturated/α-hetero) is 3. The smallest absolute Gasteiger partial charge is 0.238 e. The number of phenolic OH excluding ortho intramolecular Hbond substituents is 1. The number of aromatic hydroxyl groups is 1. The second-order valence-electron chi connectivity index (χ2n) is 11.3. The van der Waals surface area contributed by atoms with Gasteiger partial charge in [-0.2, -0.15) is 0 Å². The number of fused-ring (bicyclic) bond motifs is 3. The van der Waals surface area contributed by atoms with Crippen molar-refractivity contribution in [2.45, 2.75) is 44.2 Å². The number of anilines is 1. The summed E-state index contributed by atoms with van der Waals surface area (Å²) in [6, 6.07) is -0.120. The Morgan fingerprint density at radius 3 is 2.42 bits per heavy atom. The number of hydrogen-bond donors (Lipinski definition) is 5. The standard InChI is InChI=1S/C28H32FN3O8/c1-12(33)19-25(37)22(31(2)3)15-9-13-8-14-16(29)10-17(30-18(34)11-32-6-4-5-7-32)23(35)21(14)24(36)20(13)27(39)28(15,40)26(19)38/h10,13,15,22,35,37,39-40H,4-9,11H2,1-3H3,(H,30,34)/t13?,15?,22-,28+/m0/s1. The fourth-order valence-corrected chi connectivity index (χ4v) is 6.80. The van der Waals surface area contributed by atoms with Gasteiger partial charge in [-0.05, 0) is 65.7 Å². The predicted octanol–water partition coefficient (Wildman–Crippen LogP) is 1.40. The SMILES string of the molecule is CC(=O)C1=C(O)[C@@H](N(C)C)C2CC3Cc4c(F)cc(NC(=O)CN5CCCC5)c(O)c4C(=O)C3=C(O)[C@]2(O)C1=O. The molecular weight excluding hydrogens is 525 g/mol. The average Bonchev–Trinajstić information content (AvgIpc) is 3.37. The minimum atomic E-state index is -2.71. The van der Waals surface area contributed by atoms with Gasteiger partial charge >= 0.3 is 0 Å². The maximum absolute atomic E-state index is 15.4. The van der Waals surface area contributed by atoms with Crippen molar-refractivity contribution in [1.29, 1.82) is 0 Å². The van der Waals surface area contributed by atoms with Crippen LogP contribution in [-0.2, 0) is 20.8 Å². The van der Waals surface area contributed by atoms with Gasteiger partial charge in [-0.1, -0.05) is 0 Å². The first kappa shape index (κ1) is 27.9. The average molecular weight is 558 g/mol. The summed E-state index contributed by atoms with van der Waals surface area (Å²) in [4.78, 5) is 55.4. The normalized spacial score (nSPS) is 28.5. The Balaban J connectivity index is 1.58. The monoisotopic (exact) mass is 557 g/mol. The zero-order chi connectivity index (χ0) is 29.3. The molecule has 5 rings (SSSR count). The Bertz CT molecular complexity index is 1410. The lowest BCUT2D eigenvalue weighted by molar-refractivity contribution is -0.148. The molecular formula is C28H32FN3O8. The molecule has 1 saturated heterocycles. The van der Waals surface area contributed by atoms with E-state index < -0.39 is 81.0 Å². The summed E-state index contributed by atoms with van der Waals surface area (Å²) in [6.45, 7) is 2.54. The minimum Gasteiger partial charge on any atom is -0.510 e. The summed E-state index contributed by atoms with van der Waals surface area (Å²) in [5.74, 6) is -8.66. The second-order valence-corrected chi connectivity index (χ2v) is 11.3. The van der Waals surface area contributed by atoms with E-state index in [1.807, 2.05) is 4.90 Å². The molecule has 40 heavy (non-hydrogen) atoms. The number of aliphatic hydroxyl groups is 3. The molecule has 1 aromatic carbocycles. The minimum absolute atomic E-state index is 0.0303. The third-order valence-electron chi connectivity index (χ3n) is 8.61. The Hall–Kier alpha value is -3.61. The van der Waals surface area contributed by atoms with Crippen LogP contribution in [0, 0.1) is 17.7 Å². The highest BCUT2D eigenvalue weighted by atomic mass is 19.1. The fourth-order valence-electron chi connectivity index (χ4n) is 6.80. The maximum Gasteiger partial charge on any atom is 0.238 e. The lowest BCUT2D eigenvalue weighted by Gasteiger charge is -2.50. The van der Waals surface area contributed by atoms with Crippen molar-refractivity contribution in [3.05, 3.63) is 45.7 Å². The number of aliphatic hydroxyl groups excluding tert-OH is 2. The van der Waals surface area contributed by atoms with E-state index in [1.54, 1.807) is 14.1 Å². The van der Waals surface area contributed by atoms with E-state index >= 15 is 4.39 Å². The number of likely N-dealkylation sites (N-methyl/N-ethyl adjacent to an activating group) is 1. The van der Waals surface area contributed by atoms with Crippen LogP contribution in [0.15, 0.2) is 28.7 Å². The molecule has 1 aromatic rings. The molecule has 0 aromatic heterocycles. The number of hydrogen-bond acceptors (Lipinski definition) is 10. The van der Waals surface area contributed by atoms with Crippen molar-refractivity contribution < 1.29 is 44.0 Å². The Morgan fingerprint density at radius 1 is 1.18 bits per heavy atom. The Morgan fingerprint density at radius 2 is 1.82 bits per heavy atom. The molecule has 0 saturated carbocycles. The lowest BCUT2D eigenvalue weighted by atomic mass is 9.58. The third-order valence-corrected chi connectivity index (χ3v) is 8.61. The Kier molecular flexibility index (Phi) is 6.84. The number of rotatable bonds is 5. The van der Waals surface area contributed by atoms with Gasteiger partial charge < -0.3 is 25.7 Å². The highest BCUT2D eigenvalue weighted by Crippen LogP contribution is 2.53. The first-order valence-electron chi connectivity index (χ1n) is 13.2. The number of nitrogens with zero attached hydrogens (tertiary/aromatic N) is 2. The summed E-state index contributed by atoms with van der Waals surface area (Å²) in [5.41, 5.74) is -4.68. The van der Waals surface area contributed by atoms with Gasteiger partial charge in [0.2, 0.25) is 11.7 Å². The highest BCUT2D eigenvalue weighted by Gasteiger charge is 2.63. The quantitative estimate of drug-likeness (QED) is 0.264. The molecule has 5 N–H and O–H groups in total. The fraction of sp³-hybridized carbons (Fsp3) is 0.500. The van der Waals surface area contributed by atoms with E-state index in [9.17, 15) is 39.6 Å². The second kappa shape index (κ2) is 9.79. The molecule has 12 heteroatoms. The number of nitrogens with one attached hydrogen (secondary N) is 1. The number of allylic oxidation sites excluding steroid dienone is 1. The first-order valence-corrected chi connectivity index (χ1v) is 13.2. The van der Waals surface area contributed by atoms with E-state index in [2.05, 4.69) is 5.32 Å². The maximum atomic E-state index is 15.4. The van der Waals surface area contributed by atoms with Gasteiger partial charge in [-0.25, -0.2) is 4.39 Å². The van der Waals surface area contributed by atoms with Crippen molar-refractivity contribution in [2.24, 2.45) is 11.8 Å². The van der Waals surface area contributed by atoms with Gasteiger partial charge in [0, 0.05) is 23.1 Å². The lowest BCUT2D eigenvalue weighted by Crippen LogP contribution is -2.63. The molecule has 0 bridgehead atoms. The summed E-state index contributed by atoms with van der Waals surface area (Å²) >= 11 is 0. The van der Waals surface area contributed by atoms with E-state index in [4.69, 9.17) is 0 Å². The van der Waals surface area contributed by atoms with Gasteiger partial charge in [0.25, 0.3) is 0 Å². The van der Waals surface area contributed by atoms with Crippen LogP contribution in [0.2, 0.25) is 0 Å². The number of amides is 1. The van der Waals surface area contributed by atoms with Crippen molar-refractivity contribution in [3.63, 3.8) is 0 Å². The summed E-state index contributed by atoms with van der Waals surface area (Å²) < 4.78 is 15.4. The molecule has 1 aliphatic heterocycles. The molecule has 1 fully saturated rings. The molecule has 3 aliphatic carbocycles. The van der Waals surface area contributed by atoms with E-state index in [-0.39, 0.29) is 36.2 Å². The molecule has 11 nitrogen and oxygen atoms in total. The number of ketones is 3. The molecule has 0 spiro atoms. The summed E-state index contributed by atoms with van der Waals surface area (Å²) in [5, 5.41) is 47.3.